The third-order valence-electron chi connectivity index (χ3n) is 3.83. The number of thioether (sulfide) groups is 1. The van der Waals surface area contributed by atoms with Crippen molar-refractivity contribution in [1.82, 2.24) is 0 Å². The number of rotatable bonds is 5. The van der Waals surface area contributed by atoms with Crippen LogP contribution in [0.3, 0.4) is 0 Å². The van der Waals surface area contributed by atoms with Crippen molar-refractivity contribution in [1.29, 1.82) is 0 Å². The summed E-state index contributed by atoms with van der Waals surface area (Å²) in [5.41, 5.74) is 2.47. The Morgan fingerprint density at radius 1 is 1.24 bits per heavy atom. The van der Waals surface area contributed by atoms with Crippen LogP contribution >= 0.6 is 11.8 Å². The fourth-order valence-corrected chi connectivity index (χ4v) is 4.03. The average Bonchev–Trinajstić information content (AvgIpc) is 2.97. The van der Waals surface area contributed by atoms with E-state index in [0.29, 0.717) is 12.4 Å². The van der Waals surface area contributed by atoms with Crippen LogP contribution < -0.4 is 15.0 Å². The Morgan fingerprint density at radius 3 is 2.64 bits per heavy atom. The van der Waals surface area contributed by atoms with Gasteiger partial charge in [0.1, 0.15) is 11.1 Å². The van der Waals surface area contributed by atoms with Crippen LogP contribution in [0.25, 0.3) is 0 Å². The van der Waals surface area contributed by atoms with E-state index in [0.717, 1.165) is 22.7 Å². The SMILES string of the molecule is CCOc1ccc(N2C(=O)CS[C@H]2c2ccccc2NC(C)=O)cc1. The van der Waals surface area contributed by atoms with Crippen molar-refractivity contribution in [3.05, 3.63) is 54.1 Å². The molecule has 1 N–H and O–H groups in total. The van der Waals surface area contributed by atoms with E-state index < -0.39 is 0 Å². The fourth-order valence-electron chi connectivity index (χ4n) is 2.82. The Balaban J connectivity index is 1.94. The summed E-state index contributed by atoms with van der Waals surface area (Å²) in [5.74, 6) is 1.11. The lowest BCUT2D eigenvalue weighted by Crippen LogP contribution is -2.28. The minimum atomic E-state index is -0.173. The summed E-state index contributed by atoms with van der Waals surface area (Å²) in [5, 5.41) is 2.68. The van der Waals surface area contributed by atoms with Crippen LogP contribution in [0.1, 0.15) is 24.8 Å². The van der Waals surface area contributed by atoms with Crippen LogP contribution in [0.2, 0.25) is 0 Å². The van der Waals surface area contributed by atoms with E-state index in [9.17, 15) is 9.59 Å². The largest absolute Gasteiger partial charge is 0.494 e. The molecule has 0 aliphatic carbocycles. The molecule has 0 unspecified atom stereocenters. The maximum absolute atomic E-state index is 12.5. The van der Waals surface area contributed by atoms with Gasteiger partial charge in [0.2, 0.25) is 11.8 Å². The van der Waals surface area contributed by atoms with E-state index in [1.165, 1.54) is 6.92 Å². The predicted octanol–water partition coefficient (Wildman–Crippen LogP) is 3.82. The standard InChI is InChI=1S/C19H20N2O3S/c1-3-24-15-10-8-14(9-11-15)21-18(23)12-25-19(21)16-6-4-5-7-17(16)20-13(2)22/h4-11,19H,3,12H2,1-2H3,(H,20,22)/t19-/m0/s1. The molecule has 5 nitrogen and oxygen atoms in total. The van der Waals surface area contributed by atoms with Crippen LogP contribution in [0.15, 0.2) is 48.5 Å². The molecule has 0 bridgehead atoms. The van der Waals surface area contributed by atoms with E-state index in [1.54, 1.807) is 16.7 Å². The molecule has 25 heavy (non-hydrogen) atoms. The second-order valence-corrected chi connectivity index (χ2v) is 6.69. The number of hydrogen-bond acceptors (Lipinski definition) is 4. The first kappa shape index (κ1) is 17.4. The van der Waals surface area contributed by atoms with Gasteiger partial charge < -0.3 is 10.1 Å². The summed E-state index contributed by atoms with van der Waals surface area (Å²) in [6.45, 7) is 4.02. The molecule has 1 saturated heterocycles. The summed E-state index contributed by atoms with van der Waals surface area (Å²) in [6.07, 6.45) is 0. The van der Waals surface area contributed by atoms with Gasteiger partial charge >= 0.3 is 0 Å². The van der Waals surface area contributed by atoms with Crippen LogP contribution in [-0.2, 0) is 9.59 Å². The minimum absolute atomic E-state index is 0.0526. The van der Waals surface area contributed by atoms with Gasteiger partial charge in [-0.05, 0) is 37.3 Å². The van der Waals surface area contributed by atoms with Crippen molar-refractivity contribution in [2.45, 2.75) is 19.2 Å². The molecule has 2 aromatic rings. The number of anilines is 2. The van der Waals surface area contributed by atoms with E-state index in [2.05, 4.69) is 5.32 Å². The van der Waals surface area contributed by atoms with E-state index in [-0.39, 0.29) is 17.2 Å². The molecule has 2 aromatic carbocycles. The Morgan fingerprint density at radius 2 is 1.96 bits per heavy atom. The van der Waals surface area contributed by atoms with Gasteiger partial charge in [-0.1, -0.05) is 18.2 Å². The number of carbonyl (C=O) groups is 2. The van der Waals surface area contributed by atoms with E-state index in [1.807, 2.05) is 55.5 Å². The Labute approximate surface area is 151 Å². The van der Waals surface area contributed by atoms with Gasteiger partial charge in [-0.3, -0.25) is 14.5 Å². The molecule has 0 saturated carbocycles. The van der Waals surface area contributed by atoms with Crippen molar-refractivity contribution in [3.63, 3.8) is 0 Å². The molecule has 1 aliphatic heterocycles. The number of nitrogens with one attached hydrogen (secondary N) is 1. The summed E-state index contributed by atoms with van der Waals surface area (Å²) >= 11 is 1.56. The molecule has 1 atom stereocenters. The van der Waals surface area contributed by atoms with Crippen LogP contribution in [0.4, 0.5) is 11.4 Å². The lowest BCUT2D eigenvalue weighted by atomic mass is 10.1. The number of ether oxygens (including phenoxy) is 1. The molecule has 1 fully saturated rings. The Kier molecular flexibility index (Phi) is 5.28. The van der Waals surface area contributed by atoms with Gasteiger partial charge in [-0.25, -0.2) is 0 Å². The number of para-hydroxylation sites is 1. The molecule has 2 amide bonds. The van der Waals surface area contributed by atoms with Gasteiger partial charge in [0.25, 0.3) is 0 Å². The van der Waals surface area contributed by atoms with Crippen molar-refractivity contribution < 1.29 is 14.3 Å². The van der Waals surface area contributed by atoms with Gasteiger partial charge in [0.15, 0.2) is 0 Å². The molecule has 3 rings (SSSR count). The highest BCUT2D eigenvalue weighted by Gasteiger charge is 2.35. The normalized spacial score (nSPS) is 16.8. The van der Waals surface area contributed by atoms with Crippen LogP contribution in [0.5, 0.6) is 5.75 Å². The van der Waals surface area contributed by atoms with Crippen LogP contribution in [-0.4, -0.2) is 24.2 Å². The number of hydrogen-bond donors (Lipinski definition) is 1. The highest BCUT2D eigenvalue weighted by atomic mass is 32.2. The van der Waals surface area contributed by atoms with Crippen molar-refractivity contribution >= 4 is 35.0 Å². The summed E-state index contributed by atoms with van der Waals surface area (Å²) in [7, 11) is 0. The first-order valence-electron chi connectivity index (χ1n) is 8.13. The molecule has 0 spiro atoms. The highest BCUT2D eigenvalue weighted by molar-refractivity contribution is 8.00. The monoisotopic (exact) mass is 356 g/mol. The third-order valence-corrected chi connectivity index (χ3v) is 5.03. The smallest absolute Gasteiger partial charge is 0.238 e. The Hall–Kier alpha value is -2.47. The lowest BCUT2D eigenvalue weighted by Gasteiger charge is -2.26. The maximum Gasteiger partial charge on any atom is 0.238 e. The Bertz CT molecular complexity index is 776. The summed E-state index contributed by atoms with van der Waals surface area (Å²) in [4.78, 5) is 25.8. The minimum Gasteiger partial charge on any atom is -0.494 e. The molecular weight excluding hydrogens is 336 g/mol. The van der Waals surface area contributed by atoms with Gasteiger partial charge in [0, 0.05) is 23.9 Å². The van der Waals surface area contributed by atoms with Crippen LogP contribution in [0, 0.1) is 0 Å². The van der Waals surface area contributed by atoms with Crippen molar-refractivity contribution in [2.24, 2.45) is 0 Å². The van der Waals surface area contributed by atoms with Gasteiger partial charge in [-0.2, -0.15) is 0 Å². The number of benzene rings is 2. The summed E-state index contributed by atoms with van der Waals surface area (Å²) in [6, 6.07) is 15.1. The second-order valence-electron chi connectivity index (χ2n) is 5.62. The second kappa shape index (κ2) is 7.61. The highest BCUT2D eigenvalue weighted by Crippen LogP contribution is 2.44. The van der Waals surface area contributed by atoms with Gasteiger partial charge in [-0.15, -0.1) is 11.8 Å². The number of nitrogens with zero attached hydrogens (tertiary/aromatic N) is 1. The molecule has 6 heteroatoms. The molecular formula is C19H20N2O3S. The quantitative estimate of drug-likeness (QED) is 0.885. The van der Waals surface area contributed by atoms with Gasteiger partial charge in [0.05, 0.1) is 12.4 Å². The first-order chi connectivity index (χ1) is 12.1. The molecule has 1 heterocycles. The first-order valence-corrected chi connectivity index (χ1v) is 9.18. The zero-order chi connectivity index (χ0) is 17.8. The van der Waals surface area contributed by atoms with E-state index >= 15 is 0 Å². The summed E-state index contributed by atoms with van der Waals surface area (Å²) < 4.78 is 5.47. The zero-order valence-electron chi connectivity index (χ0n) is 14.2. The van der Waals surface area contributed by atoms with Crippen molar-refractivity contribution in [2.75, 3.05) is 22.6 Å². The molecule has 0 aromatic heterocycles. The van der Waals surface area contributed by atoms with Crippen molar-refractivity contribution in [3.8, 4) is 5.75 Å². The molecule has 0 radical (unpaired) electrons. The molecule has 1 aliphatic rings. The topological polar surface area (TPSA) is 58.6 Å². The molecule has 130 valence electrons. The maximum atomic E-state index is 12.5. The number of carbonyl (C=O) groups excluding carboxylic acids is 2. The zero-order valence-corrected chi connectivity index (χ0v) is 15.0. The third kappa shape index (κ3) is 3.79. The lowest BCUT2D eigenvalue weighted by molar-refractivity contribution is -0.116. The van der Waals surface area contributed by atoms with E-state index in [4.69, 9.17) is 4.74 Å². The predicted molar refractivity (Wildman–Crippen MR) is 101 cm³/mol. The number of amides is 2. The fraction of sp³-hybridized carbons (Fsp3) is 0.263. The average molecular weight is 356 g/mol.